The summed E-state index contributed by atoms with van der Waals surface area (Å²) in [6, 6.07) is -0.537. The maximum absolute atomic E-state index is 12.4. The predicted molar refractivity (Wildman–Crippen MR) is 338 cm³/mol. The number of allylic oxidation sites excluding steroid dienone is 6. The van der Waals surface area contributed by atoms with E-state index in [0.717, 1.165) is 51.4 Å². The normalized spacial score (nSPS) is 12.7. The van der Waals surface area contributed by atoms with E-state index in [2.05, 4.69) is 55.6 Å². The summed E-state index contributed by atoms with van der Waals surface area (Å²) in [5.41, 5.74) is 0. The second-order valence-corrected chi connectivity index (χ2v) is 23.9. The zero-order chi connectivity index (χ0) is 55.7. The lowest BCUT2D eigenvalue weighted by Crippen LogP contribution is -2.45. The Morgan fingerprint density at radius 2 is 0.649 bits per heavy atom. The van der Waals surface area contributed by atoms with Gasteiger partial charge >= 0.3 is 5.97 Å². The maximum atomic E-state index is 12.4. The highest BCUT2D eigenvalue weighted by Gasteiger charge is 2.20. The van der Waals surface area contributed by atoms with Crippen LogP contribution in [0.1, 0.15) is 380 Å². The Labute approximate surface area is 481 Å². The largest absolute Gasteiger partial charge is 0.466 e. The fourth-order valence-corrected chi connectivity index (χ4v) is 10.8. The van der Waals surface area contributed by atoms with E-state index in [4.69, 9.17) is 4.74 Å². The number of aliphatic hydroxyl groups excluding tert-OH is 2. The van der Waals surface area contributed by atoms with Gasteiger partial charge in [0.1, 0.15) is 0 Å². The third kappa shape index (κ3) is 63.1. The summed E-state index contributed by atoms with van der Waals surface area (Å²) in [6.07, 6.45) is 85.0. The number of ether oxygens (including phenoxy) is 1. The first-order valence-corrected chi connectivity index (χ1v) is 34.7. The molecular weight excluding hydrogens is 947 g/mol. The van der Waals surface area contributed by atoms with Crippen LogP contribution in [0.15, 0.2) is 36.5 Å². The topological polar surface area (TPSA) is 95.9 Å². The van der Waals surface area contributed by atoms with E-state index in [9.17, 15) is 19.8 Å². The summed E-state index contributed by atoms with van der Waals surface area (Å²) in [5, 5.41) is 23.1. The Morgan fingerprint density at radius 3 is 1.01 bits per heavy atom. The van der Waals surface area contributed by atoms with Gasteiger partial charge in [-0.25, -0.2) is 0 Å². The highest BCUT2D eigenvalue weighted by atomic mass is 16.5. The van der Waals surface area contributed by atoms with Gasteiger partial charge in [-0.3, -0.25) is 9.59 Å². The molecule has 0 rings (SSSR count). The van der Waals surface area contributed by atoms with Crippen molar-refractivity contribution in [3.63, 3.8) is 0 Å². The summed E-state index contributed by atoms with van der Waals surface area (Å²) in [4.78, 5) is 24.5. The SMILES string of the molecule is CCCCCC/C=C\C/C=C\CCCCCCCCCC(=O)OCCCCCCCCCCCCCC/C=C\CCCCCCCCCCCCCCCCCCCC(=O)NC(CO)C(O)CCCCCCCCCCC. The number of hydrogen-bond acceptors (Lipinski definition) is 5. The molecule has 2 unspecified atom stereocenters. The van der Waals surface area contributed by atoms with E-state index in [0.29, 0.717) is 25.9 Å². The number of rotatable bonds is 65. The van der Waals surface area contributed by atoms with Gasteiger partial charge in [0.15, 0.2) is 0 Å². The van der Waals surface area contributed by atoms with Crippen LogP contribution in [0.2, 0.25) is 0 Å². The van der Waals surface area contributed by atoms with Crippen molar-refractivity contribution >= 4 is 11.9 Å². The molecule has 0 spiro atoms. The van der Waals surface area contributed by atoms with Gasteiger partial charge in [-0.1, -0.05) is 320 Å². The second kappa shape index (κ2) is 66.6. The molecule has 0 saturated heterocycles. The molecule has 0 saturated carbocycles. The lowest BCUT2D eigenvalue weighted by atomic mass is 10.0. The van der Waals surface area contributed by atoms with Crippen LogP contribution in [0.5, 0.6) is 0 Å². The van der Waals surface area contributed by atoms with Crippen molar-refractivity contribution in [1.82, 2.24) is 5.32 Å². The van der Waals surface area contributed by atoms with Gasteiger partial charge in [-0.05, 0) is 83.5 Å². The smallest absolute Gasteiger partial charge is 0.305 e. The van der Waals surface area contributed by atoms with Crippen molar-refractivity contribution in [1.29, 1.82) is 0 Å². The van der Waals surface area contributed by atoms with Gasteiger partial charge < -0.3 is 20.3 Å². The van der Waals surface area contributed by atoms with E-state index < -0.39 is 12.1 Å². The molecule has 0 aliphatic rings. The summed E-state index contributed by atoms with van der Waals surface area (Å²) in [5.74, 6) is -0.0215. The minimum absolute atomic E-state index is 0.0115. The van der Waals surface area contributed by atoms with Crippen LogP contribution >= 0.6 is 0 Å². The fourth-order valence-electron chi connectivity index (χ4n) is 10.8. The fraction of sp³-hybridized carbons (Fsp3) is 0.887. The van der Waals surface area contributed by atoms with Crippen LogP contribution in [-0.4, -0.2) is 47.4 Å². The molecule has 0 aromatic rings. The monoisotopic (exact) mass is 1080 g/mol. The van der Waals surface area contributed by atoms with Crippen LogP contribution in [0.25, 0.3) is 0 Å². The molecule has 0 radical (unpaired) electrons. The van der Waals surface area contributed by atoms with E-state index in [1.165, 1.54) is 295 Å². The van der Waals surface area contributed by atoms with Gasteiger partial charge in [0.05, 0.1) is 25.4 Å². The van der Waals surface area contributed by atoms with Gasteiger partial charge in [-0.15, -0.1) is 0 Å². The molecule has 1 amide bonds. The highest BCUT2D eigenvalue weighted by Crippen LogP contribution is 2.18. The number of unbranched alkanes of at least 4 members (excludes halogenated alkanes) is 48. The first-order chi connectivity index (χ1) is 38.0. The van der Waals surface area contributed by atoms with Crippen LogP contribution in [-0.2, 0) is 14.3 Å². The molecule has 6 heteroatoms. The molecule has 0 aromatic carbocycles. The van der Waals surface area contributed by atoms with Gasteiger partial charge in [-0.2, -0.15) is 0 Å². The van der Waals surface area contributed by atoms with Crippen molar-refractivity contribution in [2.45, 2.75) is 392 Å². The predicted octanol–water partition coefficient (Wildman–Crippen LogP) is 22.3. The molecule has 0 bridgehead atoms. The average molecular weight is 1080 g/mol. The standard InChI is InChI=1S/C71H135NO5/c1-3-5-7-9-11-13-14-15-16-17-36-39-42-45-49-53-57-61-65-71(76)77-66-62-58-54-50-46-43-40-37-34-32-30-28-26-24-22-20-18-19-21-23-25-27-29-31-33-35-38-41-44-48-52-56-60-64-70(75)72-68(67-73)69(74)63-59-55-51-47-12-10-8-6-4-2/h13-14,16-17,22,24,68-69,73-74H,3-12,15,18-21,23,25-67H2,1-2H3,(H,72,75)/b14-13-,17-16-,24-22-. The van der Waals surface area contributed by atoms with Crippen molar-refractivity contribution in [3.8, 4) is 0 Å². The van der Waals surface area contributed by atoms with Gasteiger partial charge in [0.2, 0.25) is 5.91 Å². The molecule has 0 aliphatic heterocycles. The molecule has 6 nitrogen and oxygen atoms in total. The number of carbonyl (C=O) groups is 2. The minimum atomic E-state index is -0.660. The summed E-state index contributed by atoms with van der Waals surface area (Å²) in [6.45, 7) is 4.93. The van der Waals surface area contributed by atoms with Gasteiger partial charge in [0, 0.05) is 12.8 Å². The third-order valence-corrected chi connectivity index (χ3v) is 16.2. The number of amides is 1. The molecule has 77 heavy (non-hydrogen) atoms. The molecule has 0 aliphatic carbocycles. The van der Waals surface area contributed by atoms with Crippen molar-refractivity contribution in [2.24, 2.45) is 0 Å². The van der Waals surface area contributed by atoms with Crippen LogP contribution < -0.4 is 5.32 Å². The Hall–Kier alpha value is -1.92. The maximum Gasteiger partial charge on any atom is 0.305 e. The van der Waals surface area contributed by atoms with Crippen molar-refractivity contribution in [3.05, 3.63) is 36.5 Å². The molecule has 0 fully saturated rings. The summed E-state index contributed by atoms with van der Waals surface area (Å²) in [7, 11) is 0. The summed E-state index contributed by atoms with van der Waals surface area (Å²) >= 11 is 0. The lowest BCUT2D eigenvalue weighted by molar-refractivity contribution is -0.143. The quantitative estimate of drug-likeness (QED) is 0.0320. The van der Waals surface area contributed by atoms with E-state index in [1.807, 2.05) is 0 Å². The zero-order valence-electron chi connectivity index (χ0n) is 52.0. The van der Waals surface area contributed by atoms with Crippen molar-refractivity contribution < 1.29 is 24.5 Å². The first kappa shape index (κ1) is 75.1. The molecular formula is C71H135NO5. The van der Waals surface area contributed by atoms with Gasteiger partial charge in [0.25, 0.3) is 0 Å². The molecule has 3 N–H and O–H groups in total. The Kier molecular flexibility index (Phi) is 64.9. The molecule has 2 atom stereocenters. The number of carbonyl (C=O) groups excluding carboxylic acids is 2. The van der Waals surface area contributed by atoms with Crippen LogP contribution in [0, 0.1) is 0 Å². The number of hydrogen-bond donors (Lipinski definition) is 3. The average Bonchev–Trinajstić information content (AvgIpc) is 3.43. The highest BCUT2D eigenvalue weighted by molar-refractivity contribution is 5.76. The van der Waals surface area contributed by atoms with Crippen LogP contribution in [0.4, 0.5) is 0 Å². The first-order valence-electron chi connectivity index (χ1n) is 34.7. The Balaban J connectivity index is 3.32. The minimum Gasteiger partial charge on any atom is -0.466 e. The number of esters is 1. The van der Waals surface area contributed by atoms with Crippen LogP contribution in [0.3, 0.4) is 0 Å². The molecule has 0 heterocycles. The molecule has 0 aromatic heterocycles. The Morgan fingerprint density at radius 1 is 0.364 bits per heavy atom. The third-order valence-electron chi connectivity index (χ3n) is 16.2. The zero-order valence-corrected chi connectivity index (χ0v) is 52.0. The van der Waals surface area contributed by atoms with E-state index in [-0.39, 0.29) is 18.5 Å². The van der Waals surface area contributed by atoms with E-state index >= 15 is 0 Å². The Bertz CT molecular complexity index is 1250. The second-order valence-electron chi connectivity index (χ2n) is 23.9. The lowest BCUT2D eigenvalue weighted by Gasteiger charge is -2.22. The summed E-state index contributed by atoms with van der Waals surface area (Å²) < 4.78 is 5.50. The van der Waals surface area contributed by atoms with E-state index in [1.54, 1.807) is 0 Å². The number of nitrogens with one attached hydrogen (secondary N) is 1. The number of aliphatic hydroxyl groups is 2. The molecule has 454 valence electrons. The van der Waals surface area contributed by atoms with Crippen molar-refractivity contribution in [2.75, 3.05) is 13.2 Å².